The number of aryl methyl sites for hydroxylation is 1. The zero-order chi connectivity index (χ0) is 22.4. The quantitative estimate of drug-likeness (QED) is 0.339. The van der Waals surface area contributed by atoms with Gasteiger partial charge in [0, 0.05) is 21.5 Å². The van der Waals surface area contributed by atoms with Gasteiger partial charge in [-0.05, 0) is 55.3 Å². The molecule has 1 N–H and O–H groups in total. The fourth-order valence-electron chi connectivity index (χ4n) is 3.04. The Kier molecular flexibility index (Phi) is 7.50. The summed E-state index contributed by atoms with van der Waals surface area (Å²) in [5.41, 5.74) is 2.76. The number of anilines is 1. The second-order valence-electron chi connectivity index (χ2n) is 6.56. The van der Waals surface area contributed by atoms with Crippen LogP contribution in [-0.2, 0) is 9.53 Å². The second-order valence-corrected chi connectivity index (χ2v) is 8.22. The number of esters is 1. The molecule has 3 rings (SSSR count). The van der Waals surface area contributed by atoms with E-state index in [9.17, 15) is 9.59 Å². The lowest BCUT2D eigenvalue weighted by molar-refractivity contribution is -0.111. The van der Waals surface area contributed by atoms with E-state index in [1.54, 1.807) is 32.2 Å². The molecule has 0 aliphatic rings. The maximum absolute atomic E-state index is 12.7. The lowest BCUT2D eigenvalue weighted by Gasteiger charge is -2.08. The fraction of sp³-hybridized carbons (Fsp3) is 0.167. The number of hydrogen-bond donors (Lipinski definition) is 1. The molecule has 0 saturated carbocycles. The summed E-state index contributed by atoms with van der Waals surface area (Å²) in [5.74, 6) is -0.0824. The molecular formula is C24H22ClNO4S. The molecule has 1 amide bonds. The minimum absolute atomic E-state index is 0.235. The van der Waals surface area contributed by atoms with E-state index in [1.807, 2.05) is 43.3 Å². The number of rotatable bonds is 7. The van der Waals surface area contributed by atoms with Gasteiger partial charge in [0.05, 0.1) is 13.7 Å². The number of carbonyl (C=O) groups is 2. The zero-order valence-corrected chi connectivity index (χ0v) is 19.0. The van der Waals surface area contributed by atoms with Crippen LogP contribution in [0.15, 0.2) is 54.6 Å². The van der Waals surface area contributed by atoms with E-state index in [1.165, 1.54) is 17.4 Å². The molecule has 0 aliphatic heterocycles. The lowest BCUT2D eigenvalue weighted by Crippen LogP contribution is -2.12. The molecule has 160 valence electrons. The predicted molar refractivity (Wildman–Crippen MR) is 126 cm³/mol. The highest BCUT2D eigenvalue weighted by atomic mass is 35.5. The number of methoxy groups -OCH3 is 1. The molecule has 2 aromatic carbocycles. The summed E-state index contributed by atoms with van der Waals surface area (Å²) >= 11 is 7.34. The number of benzene rings is 2. The third-order valence-corrected chi connectivity index (χ3v) is 5.75. The van der Waals surface area contributed by atoms with Gasteiger partial charge in [-0.3, -0.25) is 4.79 Å². The molecule has 7 heteroatoms. The summed E-state index contributed by atoms with van der Waals surface area (Å²) in [4.78, 5) is 26.2. The van der Waals surface area contributed by atoms with Gasteiger partial charge in [-0.2, -0.15) is 0 Å². The van der Waals surface area contributed by atoms with Crippen molar-refractivity contribution in [2.24, 2.45) is 0 Å². The summed E-state index contributed by atoms with van der Waals surface area (Å²) in [6.45, 7) is 3.88. The van der Waals surface area contributed by atoms with Crippen LogP contribution in [0.1, 0.15) is 27.7 Å². The van der Waals surface area contributed by atoms with Gasteiger partial charge in [-0.25, -0.2) is 4.79 Å². The predicted octanol–water partition coefficient (Wildman–Crippen LogP) is 6.21. The van der Waals surface area contributed by atoms with Crippen LogP contribution in [0.3, 0.4) is 0 Å². The Balaban J connectivity index is 1.89. The largest absolute Gasteiger partial charge is 0.497 e. The first-order valence-corrected chi connectivity index (χ1v) is 10.8. The van der Waals surface area contributed by atoms with E-state index in [0.717, 1.165) is 27.3 Å². The first-order valence-electron chi connectivity index (χ1n) is 9.62. The van der Waals surface area contributed by atoms with E-state index in [4.69, 9.17) is 21.1 Å². The van der Waals surface area contributed by atoms with Gasteiger partial charge >= 0.3 is 5.97 Å². The maximum atomic E-state index is 12.7. The topological polar surface area (TPSA) is 64.6 Å². The third-order valence-electron chi connectivity index (χ3n) is 4.48. The molecule has 1 heterocycles. The molecule has 0 radical (unpaired) electrons. The molecular weight excluding hydrogens is 434 g/mol. The van der Waals surface area contributed by atoms with Crippen molar-refractivity contribution < 1.29 is 19.1 Å². The average Bonchev–Trinajstić information content (AvgIpc) is 3.09. The van der Waals surface area contributed by atoms with Crippen molar-refractivity contribution in [3.05, 3.63) is 75.6 Å². The van der Waals surface area contributed by atoms with Gasteiger partial charge in [0.2, 0.25) is 5.91 Å². The summed E-state index contributed by atoms with van der Waals surface area (Å²) < 4.78 is 10.4. The number of ether oxygens (including phenoxy) is 2. The van der Waals surface area contributed by atoms with Crippen molar-refractivity contribution in [1.82, 2.24) is 0 Å². The average molecular weight is 456 g/mol. The number of amides is 1. The summed E-state index contributed by atoms with van der Waals surface area (Å²) in [5, 5.41) is 3.88. The number of nitrogens with one attached hydrogen (secondary N) is 1. The Labute approximate surface area is 190 Å². The van der Waals surface area contributed by atoms with Crippen molar-refractivity contribution >= 4 is 45.9 Å². The van der Waals surface area contributed by atoms with Crippen LogP contribution in [0.25, 0.3) is 17.2 Å². The SMILES string of the molecule is CCOC(=O)c1c(NC(=O)/C=C/c2ccc(OC)cc2)sc(C)c1-c1ccc(Cl)cc1. The summed E-state index contributed by atoms with van der Waals surface area (Å²) in [6, 6.07) is 14.5. The molecule has 31 heavy (non-hydrogen) atoms. The van der Waals surface area contributed by atoms with Crippen LogP contribution in [0.5, 0.6) is 5.75 Å². The first-order chi connectivity index (χ1) is 14.9. The van der Waals surface area contributed by atoms with Crippen molar-refractivity contribution in [2.75, 3.05) is 19.0 Å². The van der Waals surface area contributed by atoms with Crippen LogP contribution in [0, 0.1) is 6.92 Å². The molecule has 0 unspecified atom stereocenters. The fourth-order valence-corrected chi connectivity index (χ4v) is 4.23. The Bertz CT molecular complexity index is 1100. The Morgan fingerprint density at radius 2 is 1.77 bits per heavy atom. The Morgan fingerprint density at radius 1 is 1.10 bits per heavy atom. The maximum Gasteiger partial charge on any atom is 0.341 e. The monoisotopic (exact) mass is 455 g/mol. The smallest absolute Gasteiger partial charge is 0.341 e. The van der Waals surface area contributed by atoms with Crippen molar-refractivity contribution in [1.29, 1.82) is 0 Å². The number of thiophene rings is 1. The Hall–Kier alpha value is -3.09. The highest BCUT2D eigenvalue weighted by Crippen LogP contribution is 2.40. The lowest BCUT2D eigenvalue weighted by atomic mass is 10.0. The molecule has 0 atom stereocenters. The van der Waals surface area contributed by atoms with Gasteiger partial charge in [0.1, 0.15) is 16.3 Å². The van der Waals surface area contributed by atoms with Gasteiger partial charge in [-0.1, -0.05) is 35.9 Å². The number of hydrogen-bond acceptors (Lipinski definition) is 5. The van der Waals surface area contributed by atoms with E-state index < -0.39 is 5.97 Å². The minimum atomic E-state index is -0.480. The minimum Gasteiger partial charge on any atom is -0.497 e. The van der Waals surface area contributed by atoms with Crippen LogP contribution in [0.2, 0.25) is 5.02 Å². The molecule has 0 aliphatic carbocycles. The van der Waals surface area contributed by atoms with Gasteiger partial charge in [0.25, 0.3) is 0 Å². The summed E-state index contributed by atoms with van der Waals surface area (Å²) in [6.07, 6.45) is 3.12. The van der Waals surface area contributed by atoms with Gasteiger partial charge in [0.15, 0.2) is 0 Å². The van der Waals surface area contributed by atoms with Crippen LogP contribution < -0.4 is 10.1 Å². The zero-order valence-electron chi connectivity index (χ0n) is 17.4. The second kappa shape index (κ2) is 10.3. The van der Waals surface area contributed by atoms with Crippen LogP contribution in [0.4, 0.5) is 5.00 Å². The van der Waals surface area contributed by atoms with E-state index in [2.05, 4.69) is 5.32 Å². The highest BCUT2D eigenvalue weighted by molar-refractivity contribution is 7.17. The van der Waals surface area contributed by atoms with E-state index in [-0.39, 0.29) is 12.5 Å². The number of halogens is 1. The number of carbonyl (C=O) groups excluding carboxylic acids is 2. The summed E-state index contributed by atoms with van der Waals surface area (Å²) in [7, 11) is 1.60. The normalized spacial score (nSPS) is 10.8. The van der Waals surface area contributed by atoms with Crippen molar-refractivity contribution in [3.8, 4) is 16.9 Å². The van der Waals surface area contributed by atoms with Gasteiger partial charge in [-0.15, -0.1) is 11.3 Å². The van der Waals surface area contributed by atoms with Crippen LogP contribution >= 0.6 is 22.9 Å². The van der Waals surface area contributed by atoms with E-state index in [0.29, 0.717) is 15.6 Å². The van der Waals surface area contributed by atoms with Crippen LogP contribution in [-0.4, -0.2) is 25.6 Å². The van der Waals surface area contributed by atoms with E-state index >= 15 is 0 Å². The molecule has 3 aromatic rings. The van der Waals surface area contributed by atoms with Gasteiger partial charge < -0.3 is 14.8 Å². The standard InChI is InChI=1S/C24H22ClNO4S/c1-4-30-24(28)22-21(17-8-10-18(25)11-9-17)15(2)31-23(22)26-20(27)14-7-16-5-12-19(29-3)13-6-16/h5-14H,4H2,1-3H3,(H,26,27)/b14-7+. The molecule has 1 aromatic heterocycles. The molecule has 0 spiro atoms. The molecule has 0 bridgehead atoms. The van der Waals surface area contributed by atoms with Crippen molar-refractivity contribution in [3.63, 3.8) is 0 Å². The molecule has 5 nitrogen and oxygen atoms in total. The first kappa shape index (κ1) is 22.6. The highest BCUT2D eigenvalue weighted by Gasteiger charge is 2.25. The molecule has 0 fully saturated rings. The Morgan fingerprint density at radius 3 is 2.39 bits per heavy atom. The van der Waals surface area contributed by atoms with Crippen molar-refractivity contribution in [2.45, 2.75) is 13.8 Å². The third kappa shape index (κ3) is 5.54. The molecule has 0 saturated heterocycles.